The van der Waals surface area contributed by atoms with Gasteiger partial charge in [0.2, 0.25) is 0 Å². The molecule has 0 saturated heterocycles. The number of hydrogen-bond donors (Lipinski definition) is 1. The van der Waals surface area contributed by atoms with E-state index < -0.39 is 0 Å². The van der Waals surface area contributed by atoms with Crippen LogP contribution in [0.4, 0.5) is 4.39 Å². The summed E-state index contributed by atoms with van der Waals surface area (Å²) in [5.41, 5.74) is 9.91. The van der Waals surface area contributed by atoms with Crippen molar-refractivity contribution in [3.63, 3.8) is 0 Å². The average Bonchev–Trinajstić information content (AvgIpc) is 2.32. The minimum absolute atomic E-state index is 0.0104. The van der Waals surface area contributed by atoms with Gasteiger partial charge in [-0.15, -0.1) is 0 Å². The molecule has 1 atom stereocenters. The van der Waals surface area contributed by atoms with Gasteiger partial charge in [-0.2, -0.15) is 0 Å². The molecule has 2 aromatic carbocycles. The number of aryl methyl sites for hydroxylation is 1. The summed E-state index contributed by atoms with van der Waals surface area (Å²) in [4.78, 5) is 0. The Morgan fingerprint density at radius 1 is 1.12 bits per heavy atom. The quantitative estimate of drug-likeness (QED) is 0.832. The lowest BCUT2D eigenvalue weighted by atomic mass is 9.97. The highest BCUT2D eigenvalue weighted by Crippen LogP contribution is 2.26. The number of halogens is 1. The second-order valence-electron chi connectivity index (χ2n) is 4.37. The number of hydrogen-bond acceptors (Lipinski definition) is 1. The molecule has 0 aliphatic rings. The molecule has 2 heteroatoms. The number of nitrogens with two attached hydrogens (primary N) is 1. The molecule has 2 rings (SSSR count). The van der Waals surface area contributed by atoms with Crippen molar-refractivity contribution in [1.29, 1.82) is 0 Å². The molecule has 0 amide bonds. The van der Waals surface area contributed by atoms with Gasteiger partial charge in [0.15, 0.2) is 0 Å². The first-order valence-corrected chi connectivity index (χ1v) is 5.70. The van der Waals surface area contributed by atoms with Crippen LogP contribution in [0.5, 0.6) is 0 Å². The van der Waals surface area contributed by atoms with E-state index in [1.807, 2.05) is 38.1 Å². The molecule has 0 spiro atoms. The van der Waals surface area contributed by atoms with E-state index in [1.54, 1.807) is 12.1 Å². The first kappa shape index (κ1) is 11.8. The third kappa shape index (κ3) is 2.53. The van der Waals surface area contributed by atoms with Crippen molar-refractivity contribution >= 4 is 0 Å². The van der Waals surface area contributed by atoms with Crippen molar-refractivity contribution in [3.8, 4) is 11.1 Å². The Morgan fingerprint density at radius 2 is 1.88 bits per heavy atom. The van der Waals surface area contributed by atoms with Gasteiger partial charge in [0.25, 0.3) is 0 Å². The molecule has 0 aliphatic carbocycles. The van der Waals surface area contributed by atoms with Crippen LogP contribution in [0.25, 0.3) is 11.1 Å². The molecular formula is C15H16FN. The topological polar surface area (TPSA) is 26.0 Å². The zero-order valence-corrected chi connectivity index (χ0v) is 10.1. The van der Waals surface area contributed by atoms with Gasteiger partial charge >= 0.3 is 0 Å². The SMILES string of the molecule is Cc1ccc(F)cc1-c1cccc(C(C)N)c1. The highest BCUT2D eigenvalue weighted by Gasteiger charge is 2.06. The summed E-state index contributed by atoms with van der Waals surface area (Å²) in [6.07, 6.45) is 0. The molecule has 0 radical (unpaired) electrons. The van der Waals surface area contributed by atoms with Crippen LogP contribution in [-0.4, -0.2) is 0 Å². The van der Waals surface area contributed by atoms with E-state index in [4.69, 9.17) is 5.73 Å². The van der Waals surface area contributed by atoms with Crippen LogP contribution >= 0.6 is 0 Å². The third-order valence-corrected chi connectivity index (χ3v) is 2.92. The predicted molar refractivity (Wildman–Crippen MR) is 69.2 cm³/mol. The minimum atomic E-state index is -0.211. The van der Waals surface area contributed by atoms with Crippen molar-refractivity contribution in [2.45, 2.75) is 19.9 Å². The second-order valence-corrected chi connectivity index (χ2v) is 4.37. The maximum absolute atomic E-state index is 13.3. The normalized spacial score (nSPS) is 12.5. The van der Waals surface area contributed by atoms with Gasteiger partial charge in [-0.25, -0.2) is 4.39 Å². The van der Waals surface area contributed by atoms with Crippen LogP contribution in [0.15, 0.2) is 42.5 Å². The highest BCUT2D eigenvalue weighted by atomic mass is 19.1. The van der Waals surface area contributed by atoms with Crippen molar-refractivity contribution < 1.29 is 4.39 Å². The van der Waals surface area contributed by atoms with Crippen LogP contribution in [-0.2, 0) is 0 Å². The zero-order chi connectivity index (χ0) is 12.4. The van der Waals surface area contributed by atoms with Gasteiger partial charge in [0.1, 0.15) is 5.82 Å². The van der Waals surface area contributed by atoms with Crippen LogP contribution in [0.2, 0.25) is 0 Å². The van der Waals surface area contributed by atoms with E-state index in [0.717, 1.165) is 22.3 Å². The van der Waals surface area contributed by atoms with Crippen LogP contribution < -0.4 is 5.73 Å². The smallest absolute Gasteiger partial charge is 0.123 e. The molecule has 2 N–H and O–H groups in total. The summed E-state index contributed by atoms with van der Waals surface area (Å²) >= 11 is 0. The van der Waals surface area contributed by atoms with E-state index in [-0.39, 0.29) is 11.9 Å². The Kier molecular flexibility index (Phi) is 3.25. The summed E-state index contributed by atoms with van der Waals surface area (Å²) in [6.45, 7) is 3.92. The lowest BCUT2D eigenvalue weighted by Gasteiger charge is -2.10. The Morgan fingerprint density at radius 3 is 2.59 bits per heavy atom. The molecule has 1 unspecified atom stereocenters. The molecule has 17 heavy (non-hydrogen) atoms. The van der Waals surface area contributed by atoms with Gasteiger partial charge in [-0.3, -0.25) is 0 Å². The second kappa shape index (κ2) is 4.68. The van der Waals surface area contributed by atoms with Gasteiger partial charge < -0.3 is 5.73 Å². The molecule has 0 aromatic heterocycles. The van der Waals surface area contributed by atoms with E-state index in [1.165, 1.54) is 6.07 Å². The van der Waals surface area contributed by atoms with Gasteiger partial charge in [0, 0.05) is 6.04 Å². The fourth-order valence-electron chi connectivity index (χ4n) is 1.89. The molecule has 0 fully saturated rings. The van der Waals surface area contributed by atoms with Crippen molar-refractivity contribution in [2.75, 3.05) is 0 Å². The van der Waals surface area contributed by atoms with Crippen LogP contribution in [0.1, 0.15) is 24.1 Å². The predicted octanol–water partition coefficient (Wildman–Crippen LogP) is 3.82. The number of rotatable bonds is 2. The van der Waals surface area contributed by atoms with E-state index in [0.29, 0.717) is 0 Å². The van der Waals surface area contributed by atoms with Crippen molar-refractivity contribution in [3.05, 3.63) is 59.4 Å². The third-order valence-electron chi connectivity index (χ3n) is 2.92. The molecule has 0 bridgehead atoms. The maximum atomic E-state index is 13.3. The highest BCUT2D eigenvalue weighted by molar-refractivity contribution is 5.67. The Labute approximate surface area is 101 Å². The first-order chi connectivity index (χ1) is 8.08. The van der Waals surface area contributed by atoms with Crippen LogP contribution in [0.3, 0.4) is 0 Å². The Bertz CT molecular complexity index is 532. The van der Waals surface area contributed by atoms with Gasteiger partial charge in [-0.1, -0.05) is 24.3 Å². The van der Waals surface area contributed by atoms with Crippen molar-refractivity contribution in [2.24, 2.45) is 5.73 Å². The largest absolute Gasteiger partial charge is 0.324 e. The van der Waals surface area contributed by atoms with E-state index in [2.05, 4.69) is 0 Å². The summed E-state index contributed by atoms with van der Waals surface area (Å²) in [7, 11) is 0. The maximum Gasteiger partial charge on any atom is 0.123 e. The fourth-order valence-corrected chi connectivity index (χ4v) is 1.89. The lowest BCUT2D eigenvalue weighted by molar-refractivity contribution is 0.628. The fraction of sp³-hybridized carbons (Fsp3) is 0.200. The molecule has 0 aliphatic heterocycles. The van der Waals surface area contributed by atoms with Crippen LogP contribution in [0, 0.1) is 12.7 Å². The summed E-state index contributed by atoms with van der Waals surface area (Å²) in [5.74, 6) is -0.211. The summed E-state index contributed by atoms with van der Waals surface area (Å²) in [6, 6.07) is 12.8. The number of benzene rings is 2. The lowest BCUT2D eigenvalue weighted by Crippen LogP contribution is -2.04. The average molecular weight is 229 g/mol. The molecule has 0 saturated carbocycles. The van der Waals surface area contributed by atoms with Crippen molar-refractivity contribution in [1.82, 2.24) is 0 Å². The molecular weight excluding hydrogens is 213 g/mol. The Balaban J connectivity index is 2.52. The molecule has 0 heterocycles. The molecule has 88 valence electrons. The first-order valence-electron chi connectivity index (χ1n) is 5.70. The minimum Gasteiger partial charge on any atom is -0.324 e. The standard InChI is InChI=1S/C15H16FN/c1-10-6-7-14(16)9-15(10)13-5-3-4-12(8-13)11(2)17/h3-9,11H,17H2,1-2H3. The van der Waals surface area contributed by atoms with E-state index >= 15 is 0 Å². The molecule has 1 nitrogen and oxygen atoms in total. The molecule has 2 aromatic rings. The van der Waals surface area contributed by atoms with Gasteiger partial charge in [-0.05, 0) is 54.3 Å². The van der Waals surface area contributed by atoms with Gasteiger partial charge in [0.05, 0.1) is 0 Å². The summed E-state index contributed by atoms with van der Waals surface area (Å²) < 4.78 is 13.3. The monoisotopic (exact) mass is 229 g/mol. The van der Waals surface area contributed by atoms with E-state index in [9.17, 15) is 4.39 Å². The zero-order valence-electron chi connectivity index (χ0n) is 10.1. The Hall–Kier alpha value is -1.67. The summed E-state index contributed by atoms with van der Waals surface area (Å²) in [5, 5.41) is 0.